The average molecular weight is 641 g/mol. The maximum atomic E-state index is 5.13. The fourth-order valence-corrected chi connectivity index (χ4v) is 7.21. The first-order valence-electron chi connectivity index (χ1n) is 16.6. The van der Waals surface area contributed by atoms with Gasteiger partial charge in [0, 0.05) is 45.7 Å². The summed E-state index contributed by atoms with van der Waals surface area (Å²) in [6, 6.07) is 54.5. The molecule has 0 spiro atoms. The Hall–Kier alpha value is -6.92. The van der Waals surface area contributed by atoms with Gasteiger partial charge in [0.15, 0.2) is 0 Å². The van der Waals surface area contributed by atoms with Crippen molar-refractivity contribution in [2.45, 2.75) is 0 Å². The molecule has 0 atom stereocenters. The van der Waals surface area contributed by atoms with Gasteiger partial charge in [-0.25, -0.2) is 9.97 Å². The quantitative estimate of drug-likeness (QED) is 0.188. The third kappa shape index (κ3) is 4.50. The smallest absolute Gasteiger partial charge is 0.0963 e. The van der Waals surface area contributed by atoms with Gasteiger partial charge >= 0.3 is 0 Å². The molecule has 234 valence electrons. The van der Waals surface area contributed by atoms with E-state index in [0.717, 1.165) is 89.2 Å². The Kier molecular flexibility index (Phi) is 6.39. The zero-order valence-electron chi connectivity index (χ0n) is 26.8. The molecule has 0 unspecified atom stereocenters. The van der Waals surface area contributed by atoms with Gasteiger partial charge in [0.2, 0.25) is 0 Å². The molecule has 10 rings (SSSR count). The molecule has 0 bridgehead atoms. The lowest BCUT2D eigenvalue weighted by atomic mass is 10.1. The minimum absolute atomic E-state index is 0.820. The lowest BCUT2D eigenvalue weighted by Gasteiger charge is -2.11. The largest absolute Gasteiger partial charge is 0.308 e. The van der Waals surface area contributed by atoms with Crippen LogP contribution in [0.1, 0.15) is 0 Å². The van der Waals surface area contributed by atoms with Crippen LogP contribution in [-0.2, 0) is 0 Å². The highest BCUT2D eigenvalue weighted by atomic mass is 15.0. The van der Waals surface area contributed by atoms with Gasteiger partial charge in [-0.1, -0.05) is 72.8 Å². The van der Waals surface area contributed by atoms with Crippen molar-refractivity contribution in [1.29, 1.82) is 0 Å². The molecule has 0 saturated heterocycles. The van der Waals surface area contributed by atoms with Crippen molar-refractivity contribution in [2.24, 2.45) is 0 Å². The number of nitrogens with zero attached hydrogens (tertiary/aromatic N) is 6. The van der Waals surface area contributed by atoms with E-state index in [1.807, 2.05) is 36.7 Å². The number of benzene rings is 4. The van der Waals surface area contributed by atoms with Gasteiger partial charge in [0.05, 0.1) is 55.9 Å². The van der Waals surface area contributed by atoms with Crippen LogP contribution in [0, 0.1) is 0 Å². The Morgan fingerprint density at radius 1 is 0.340 bits per heavy atom. The minimum atomic E-state index is 0.820. The van der Waals surface area contributed by atoms with Crippen molar-refractivity contribution >= 4 is 43.9 Å². The van der Waals surface area contributed by atoms with Crippen molar-refractivity contribution in [3.05, 3.63) is 170 Å². The molecule has 0 aliphatic heterocycles. The van der Waals surface area contributed by atoms with Crippen molar-refractivity contribution in [3.63, 3.8) is 0 Å². The second-order valence-electron chi connectivity index (χ2n) is 12.4. The van der Waals surface area contributed by atoms with Gasteiger partial charge < -0.3 is 9.13 Å². The molecule has 0 saturated carbocycles. The highest BCUT2D eigenvalue weighted by Crippen LogP contribution is 2.34. The normalized spacial score (nSPS) is 11.6. The SMILES string of the molecule is c1cc(-c2cccc(-c3cccc(-c4cccc(-n5c6ccccc6c6ncccc65)c4)n3)n2)cc(-n2c3ccccc3c3ncccc32)c1. The van der Waals surface area contributed by atoms with Crippen LogP contribution in [0.5, 0.6) is 0 Å². The molecular formula is C44H28N6. The summed E-state index contributed by atoms with van der Waals surface area (Å²) >= 11 is 0. The predicted octanol–water partition coefficient (Wildman–Crippen LogP) is 10.5. The number of aromatic nitrogens is 6. The van der Waals surface area contributed by atoms with Gasteiger partial charge in [0.1, 0.15) is 0 Å². The zero-order chi connectivity index (χ0) is 33.0. The first-order chi connectivity index (χ1) is 24.8. The van der Waals surface area contributed by atoms with Gasteiger partial charge in [-0.05, 0) is 84.9 Å². The molecule has 6 aromatic heterocycles. The number of rotatable bonds is 5. The monoisotopic (exact) mass is 640 g/mol. The van der Waals surface area contributed by atoms with Crippen LogP contribution in [0.4, 0.5) is 0 Å². The lowest BCUT2D eigenvalue weighted by molar-refractivity contribution is 1.17. The molecule has 6 heterocycles. The highest BCUT2D eigenvalue weighted by Gasteiger charge is 2.15. The molecule has 0 aliphatic carbocycles. The van der Waals surface area contributed by atoms with E-state index in [2.05, 4.69) is 143 Å². The molecule has 6 heteroatoms. The summed E-state index contributed by atoms with van der Waals surface area (Å²) in [4.78, 5) is 19.7. The van der Waals surface area contributed by atoms with Crippen molar-refractivity contribution < 1.29 is 0 Å². The minimum Gasteiger partial charge on any atom is -0.308 e. The highest BCUT2D eigenvalue weighted by molar-refractivity contribution is 6.08. The second kappa shape index (κ2) is 11.4. The van der Waals surface area contributed by atoms with Gasteiger partial charge in [-0.2, -0.15) is 0 Å². The number of fused-ring (bicyclic) bond motifs is 6. The molecule has 0 radical (unpaired) electrons. The Labute approximate surface area is 287 Å². The first kappa shape index (κ1) is 28.1. The molecular weight excluding hydrogens is 613 g/mol. The zero-order valence-corrected chi connectivity index (χ0v) is 26.8. The lowest BCUT2D eigenvalue weighted by Crippen LogP contribution is -1.96. The fraction of sp³-hybridized carbons (Fsp3) is 0. The molecule has 0 fully saturated rings. The first-order valence-corrected chi connectivity index (χ1v) is 16.6. The van der Waals surface area contributed by atoms with E-state index in [1.54, 1.807) is 0 Å². The Bertz CT molecular complexity index is 2590. The van der Waals surface area contributed by atoms with Crippen molar-refractivity contribution in [3.8, 4) is 45.3 Å². The topological polar surface area (TPSA) is 61.4 Å². The molecule has 50 heavy (non-hydrogen) atoms. The van der Waals surface area contributed by atoms with Gasteiger partial charge in [-0.15, -0.1) is 0 Å². The van der Waals surface area contributed by atoms with Crippen LogP contribution in [0.25, 0.3) is 89.2 Å². The maximum absolute atomic E-state index is 5.13. The predicted molar refractivity (Wildman–Crippen MR) is 203 cm³/mol. The maximum Gasteiger partial charge on any atom is 0.0963 e. The standard InChI is InChI=1S/C44H28N6/c1-3-21-39-33(15-1)43-41(23-9-25-45-43)49(39)31-13-5-11-29(27-31)35-17-7-19-37(47-35)38-20-8-18-36(48-38)30-12-6-14-32(28-30)50-40-22-4-2-16-34(40)44-42(50)24-10-26-46-44/h1-28H. The number of pyridine rings is 4. The van der Waals surface area contributed by atoms with Crippen LogP contribution in [-0.4, -0.2) is 29.1 Å². The summed E-state index contributed by atoms with van der Waals surface area (Å²) in [5, 5.41) is 2.27. The molecule has 0 N–H and O–H groups in total. The molecule has 0 aliphatic rings. The van der Waals surface area contributed by atoms with Gasteiger partial charge in [-0.3, -0.25) is 9.97 Å². The molecule has 10 aromatic rings. The molecule has 0 amide bonds. The fourth-order valence-electron chi connectivity index (χ4n) is 7.21. The van der Waals surface area contributed by atoms with Gasteiger partial charge in [0.25, 0.3) is 0 Å². The van der Waals surface area contributed by atoms with Crippen LogP contribution < -0.4 is 0 Å². The summed E-state index contributed by atoms with van der Waals surface area (Å²) in [7, 11) is 0. The van der Waals surface area contributed by atoms with E-state index < -0.39 is 0 Å². The Morgan fingerprint density at radius 2 is 0.760 bits per heavy atom. The summed E-state index contributed by atoms with van der Waals surface area (Å²) in [5.74, 6) is 0. The van der Waals surface area contributed by atoms with Crippen LogP contribution in [0.15, 0.2) is 170 Å². The average Bonchev–Trinajstić information content (AvgIpc) is 3.71. The summed E-state index contributed by atoms with van der Waals surface area (Å²) in [6.45, 7) is 0. The van der Waals surface area contributed by atoms with E-state index in [-0.39, 0.29) is 0 Å². The number of para-hydroxylation sites is 2. The summed E-state index contributed by atoms with van der Waals surface area (Å²) in [5.41, 5.74) is 14.0. The van der Waals surface area contributed by atoms with E-state index in [4.69, 9.17) is 19.9 Å². The third-order valence-corrected chi connectivity index (χ3v) is 9.42. The van der Waals surface area contributed by atoms with Crippen molar-refractivity contribution in [2.75, 3.05) is 0 Å². The number of hydrogen-bond donors (Lipinski definition) is 0. The summed E-state index contributed by atoms with van der Waals surface area (Å²) in [6.07, 6.45) is 3.71. The number of hydrogen-bond acceptors (Lipinski definition) is 4. The van der Waals surface area contributed by atoms with E-state index in [9.17, 15) is 0 Å². The van der Waals surface area contributed by atoms with E-state index in [0.29, 0.717) is 0 Å². The van der Waals surface area contributed by atoms with Crippen LogP contribution in [0.3, 0.4) is 0 Å². The Morgan fingerprint density at radius 3 is 1.26 bits per heavy atom. The van der Waals surface area contributed by atoms with Crippen LogP contribution >= 0.6 is 0 Å². The van der Waals surface area contributed by atoms with Crippen LogP contribution in [0.2, 0.25) is 0 Å². The van der Waals surface area contributed by atoms with Crippen molar-refractivity contribution in [1.82, 2.24) is 29.1 Å². The molecule has 4 aromatic carbocycles. The van der Waals surface area contributed by atoms with E-state index >= 15 is 0 Å². The second-order valence-corrected chi connectivity index (χ2v) is 12.4. The summed E-state index contributed by atoms with van der Waals surface area (Å²) < 4.78 is 4.56. The Balaban J connectivity index is 1.03. The molecule has 6 nitrogen and oxygen atoms in total. The van der Waals surface area contributed by atoms with E-state index in [1.165, 1.54) is 0 Å². The third-order valence-electron chi connectivity index (χ3n) is 9.42.